The fourth-order valence-electron chi connectivity index (χ4n) is 2.17. The summed E-state index contributed by atoms with van der Waals surface area (Å²) in [6.07, 6.45) is 10.1. The van der Waals surface area contributed by atoms with Crippen LogP contribution in [0.5, 0.6) is 0 Å². The van der Waals surface area contributed by atoms with Crippen LogP contribution in [0.4, 0.5) is 0 Å². The minimum atomic E-state index is 0.567. The van der Waals surface area contributed by atoms with Crippen molar-refractivity contribution in [3.8, 4) is 0 Å². The van der Waals surface area contributed by atoms with Gasteiger partial charge in [-0.25, -0.2) is 0 Å². The van der Waals surface area contributed by atoms with Crippen LogP contribution in [0, 0.1) is 0 Å². The summed E-state index contributed by atoms with van der Waals surface area (Å²) in [6.45, 7) is 0.742. The second-order valence-electron chi connectivity index (χ2n) is 4.52. The van der Waals surface area contributed by atoms with E-state index >= 15 is 0 Å². The number of nitrogens with one attached hydrogen (secondary N) is 2. The van der Waals surface area contributed by atoms with Gasteiger partial charge >= 0.3 is 0 Å². The Morgan fingerprint density at radius 2 is 2.18 bits per heavy atom. The van der Waals surface area contributed by atoms with E-state index in [0.717, 1.165) is 17.2 Å². The Kier molecular flexibility index (Phi) is 4.74. The molecule has 0 unspecified atom stereocenters. The molecule has 3 nitrogen and oxygen atoms in total. The second-order valence-corrected chi connectivity index (χ2v) is 4.93. The summed E-state index contributed by atoms with van der Waals surface area (Å²) in [5, 5.41) is 7.38. The van der Waals surface area contributed by atoms with Crippen molar-refractivity contribution in [1.29, 1.82) is 0 Å². The third kappa shape index (κ3) is 4.30. The molecule has 1 aliphatic carbocycles. The van der Waals surface area contributed by atoms with Crippen LogP contribution in [0.25, 0.3) is 0 Å². The van der Waals surface area contributed by atoms with Crippen LogP contribution >= 0.6 is 12.2 Å². The molecule has 1 fully saturated rings. The highest BCUT2D eigenvalue weighted by molar-refractivity contribution is 7.80. The van der Waals surface area contributed by atoms with Crippen molar-refractivity contribution in [2.75, 3.05) is 0 Å². The van der Waals surface area contributed by atoms with E-state index in [9.17, 15) is 0 Å². The summed E-state index contributed by atoms with van der Waals surface area (Å²) < 4.78 is 0. The van der Waals surface area contributed by atoms with Crippen molar-refractivity contribution in [3.05, 3.63) is 30.1 Å². The van der Waals surface area contributed by atoms with E-state index in [-0.39, 0.29) is 0 Å². The third-order valence-corrected chi connectivity index (χ3v) is 3.38. The molecule has 2 rings (SSSR count). The monoisotopic (exact) mass is 249 g/mol. The van der Waals surface area contributed by atoms with E-state index in [1.807, 2.05) is 18.3 Å². The number of hydrogen-bond acceptors (Lipinski definition) is 2. The highest BCUT2D eigenvalue weighted by atomic mass is 32.1. The van der Waals surface area contributed by atoms with Gasteiger partial charge in [-0.3, -0.25) is 4.98 Å². The van der Waals surface area contributed by atoms with Gasteiger partial charge in [-0.2, -0.15) is 0 Å². The van der Waals surface area contributed by atoms with E-state index in [1.165, 1.54) is 32.1 Å². The Hall–Kier alpha value is -1.16. The largest absolute Gasteiger partial charge is 0.360 e. The first-order valence-corrected chi connectivity index (χ1v) is 6.69. The van der Waals surface area contributed by atoms with Gasteiger partial charge in [0.2, 0.25) is 0 Å². The molecule has 1 aromatic heterocycles. The molecule has 0 aromatic carbocycles. The summed E-state index contributed by atoms with van der Waals surface area (Å²) in [5.41, 5.74) is 1.15. The molecule has 0 spiro atoms. The molecule has 0 bridgehead atoms. The van der Waals surface area contributed by atoms with Crippen LogP contribution in [0.1, 0.15) is 37.7 Å². The normalized spacial score (nSPS) is 16.5. The lowest BCUT2D eigenvalue weighted by atomic mass is 9.96. The highest BCUT2D eigenvalue weighted by Gasteiger charge is 2.13. The molecule has 0 radical (unpaired) electrons. The van der Waals surface area contributed by atoms with Gasteiger partial charge in [-0.15, -0.1) is 0 Å². The maximum atomic E-state index is 5.29. The van der Waals surface area contributed by atoms with E-state index in [0.29, 0.717) is 6.04 Å². The number of pyridine rings is 1. The minimum absolute atomic E-state index is 0.567. The van der Waals surface area contributed by atoms with Crippen molar-refractivity contribution in [1.82, 2.24) is 15.6 Å². The molecular formula is C13H19N3S. The lowest BCUT2D eigenvalue weighted by molar-refractivity contribution is 0.412. The first-order chi connectivity index (χ1) is 8.34. The maximum Gasteiger partial charge on any atom is 0.166 e. The van der Waals surface area contributed by atoms with E-state index in [1.54, 1.807) is 6.20 Å². The molecular weight excluding hydrogens is 230 g/mol. The molecule has 1 heterocycles. The first-order valence-electron chi connectivity index (χ1n) is 6.28. The van der Waals surface area contributed by atoms with Crippen molar-refractivity contribution in [2.24, 2.45) is 0 Å². The smallest absolute Gasteiger partial charge is 0.166 e. The van der Waals surface area contributed by atoms with Crippen LogP contribution in [0.3, 0.4) is 0 Å². The topological polar surface area (TPSA) is 37.0 Å². The zero-order valence-corrected chi connectivity index (χ0v) is 10.8. The van der Waals surface area contributed by atoms with Crippen molar-refractivity contribution in [2.45, 2.75) is 44.7 Å². The van der Waals surface area contributed by atoms with Gasteiger partial charge in [0, 0.05) is 25.0 Å². The molecule has 0 aliphatic heterocycles. The van der Waals surface area contributed by atoms with Crippen LogP contribution < -0.4 is 10.6 Å². The highest BCUT2D eigenvalue weighted by Crippen LogP contribution is 2.17. The predicted molar refractivity (Wildman–Crippen MR) is 73.7 cm³/mol. The third-order valence-electron chi connectivity index (χ3n) is 3.12. The van der Waals surface area contributed by atoms with Crippen LogP contribution in [-0.2, 0) is 6.54 Å². The fraction of sp³-hybridized carbons (Fsp3) is 0.538. The van der Waals surface area contributed by atoms with E-state index in [4.69, 9.17) is 12.2 Å². The zero-order chi connectivity index (χ0) is 11.9. The molecule has 17 heavy (non-hydrogen) atoms. The predicted octanol–water partition coefficient (Wildman–Crippen LogP) is 2.38. The average molecular weight is 249 g/mol. The maximum absolute atomic E-state index is 5.29. The standard InChI is InChI=1S/C13H19N3S/c17-13(16-12-6-2-1-3-7-12)15-10-11-5-4-8-14-9-11/h4-5,8-9,12H,1-3,6-7,10H2,(H2,15,16,17). The fourth-order valence-corrected chi connectivity index (χ4v) is 2.41. The van der Waals surface area contributed by atoms with Crippen LogP contribution in [0.2, 0.25) is 0 Å². The van der Waals surface area contributed by atoms with Crippen LogP contribution in [-0.4, -0.2) is 16.1 Å². The summed E-state index contributed by atoms with van der Waals surface area (Å²) in [5.74, 6) is 0. The van der Waals surface area contributed by atoms with Gasteiger partial charge in [-0.05, 0) is 36.7 Å². The van der Waals surface area contributed by atoms with Crippen LogP contribution in [0.15, 0.2) is 24.5 Å². The van der Waals surface area contributed by atoms with Gasteiger partial charge in [0.25, 0.3) is 0 Å². The minimum Gasteiger partial charge on any atom is -0.360 e. The average Bonchev–Trinajstić information content (AvgIpc) is 2.39. The molecule has 0 atom stereocenters. The van der Waals surface area contributed by atoms with E-state index in [2.05, 4.69) is 15.6 Å². The molecule has 1 aromatic rings. The molecule has 4 heteroatoms. The Labute approximate surface area is 108 Å². The summed E-state index contributed by atoms with van der Waals surface area (Å²) in [4.78, 5) is 4.07. The van der Waals surface area contributed by atoms with Gasteiger partial charge in [-0.1, -0.05) is 25.3 Å². The number of nitrogens with zero attached hydrogens (tertiary/aromatic N) is 1. The number of aromatic nitrogens is 1. The van der Waals surface area contributed by atoms with Crippen molar-refractivity contribution < 1.29 is 0 Å². The Morgan fingerprint density at radius 3 is 2.88 bits per heavy atom. The summed E-state index contributed by atoms with van der Waals surface area (Å²) >= 11 is 5.29. The van der Waals surface area contributed by atoms with Crippen molar-refractivity contribution >= 4 is 17.3 Å². The molecule has 1 aliphatic rings. The van der Waals surface area contributed by atoms with Gasteiger partial charge in [0.05, 0.1) is 0 Å². The molecule has 0 amide bonds. The van der Waals surface area contributed by atoms with Gasteiger partial charge in [0.15, 0.2) is 5.11 Å². The summed E-state index contributed by atoms with van der Waals surface area (Å²) in [7, 11) is 0. The van der Waals surface area contributed by atoms with Gasteiger partial charge in [0.1, 0.15) is 0 Å². The second kappa shape index (κ2) is 6.55. The summed E-state index contributed by atoms with van der Waals surface area (Å²) in [6, 6.07) is 4.55. The van der Waals surface area contributed by atoms with Gasteiger partial charge < -0.3 is 10.6 Å². The first kappa shape index (κ1) is 12.3. The Bertz CT molecular complexity index is 347. The Morgan fingerprint density at radius 1 is 1.35 bits per heavy atom. The molecule has 2 N–H and O–H groups in total. The SMILES string of the molecule is S=C(NCc1cccnc1)NC1CCCCC1. The molecule has 1 saturated carbocycles. The quantitative estimate of drug-likeness (QED) is 0.807. The number of thiocarbonyl (C=S) groups is 1. The zero-order valence-electron chi connectivity index (χ0n) is 9.98. The lowest BCUT2D eigenvalue weighted by Crippen LogP contribution is -2.42. The lowest BCUT2D eigenvalue weighted by Gasteiger charge is -2.24. The number of rotatable bonds is 3. The molecule has 0 saturated heterocycles. The van der Waals surface area contributed by atoms with Crippen molar-refractivity contribution in [3.63, 3.8) is 0 Å². The molecule has 92 valence electrons. The Balaban J connectivity index is 1.70. The van der Waals surface area contributed by atoms with E-state index < -0.39 is 0 Å². The number of hydrogen-bond donors (Lipinski definition) is 2.